The van der Waals surface area contributed by atoms with E-state index in [1.54, 1.807) is 24.3 Å². The number of hydrogen-bond acceptors (Lipinski definition) is 5. The van der Waals surface area contributed by atoms with Crippen LogP contribution in [0.5, 0.6) is 5.75 Å². The number of carbonyl (C=O) groups is 3. The molecule has 0 unspecified atom stereocenters. The van der Waals surface area contributed by atoms with Gasteiger partial charge in [-0.25, -0.2) is 0 Å². The van der Waals surface area contributed by atoms with E-state index in [2.05, 4.69) is 16.2 Å². The average Bonchev–Trinajstić information content (AvgIpc) is 2.70. The number of rotatable bonds is 7. The monoisotopic (exact) mass is 366 g/mol. The van der Waals surface area contributed by atoms with Crippen molar-refractivity contribution in [2.45, 2.75) is 6.42 Å². The van der Waals surface area contributed by atoms with E-state index in [1.807, 2.05) is 36.4 Å². The number of hydrogen-bond donors (Lipinski definition) is 3. The Balaban J connectivity index is 1.65. The molecule has 8 heteroatoms. The highest BCUT2D eigenvalue weighted by molar-refractivity contribution is 5.87. The molecule has 0 heterocycles. The van der Waals surface area contributed by atoms with Gasteiger partial charge in [0, 0.05) is 0 Å². The predicted octanol–water partition coefficient (Wildman–Crippen LogP) is 0.443. The molecule has 3 amide bonds. The number of nitriles is 1. The van der Waals surface area contributed by atoms with E-state index in [-0.39, 0.29) is 31.2 Å². The van der Waals surface area contributed by atoms with E-state index in [9.17, 15) is 14.4 Å². The van der Waals surface area contributed by atoms with Crippen LogP contribution in [0.15, 0.2) is 54.6 Å². The minimum atomic E-state index is -0.605. The third-order valence-corrected chi connectivity index (χ3v) is 3.36. The number of nitrogens with zero attached hydrogens (tertiary/aromatic N) is 1. The molecule has 8 nitrogen and oxygen atoms in total. The van der Waals surface area contributed by atoms with Gasteiger partial charge in [0.2, 0.25) is 5.91 Å². The van der Waals surface area contributed by atoms with Gasteiger partial charge in [0.15, 0.2) is 6.61 Å². The van der Waals surface area contributed by atoms with Crippen LogP contribution >= 0.6 is 0 Å². The maximum absolute atomic E-state index is 11.7. The Morgan fingerprint density at radius 2 is 1.56 bits per heavy atom. The Hall–Kier alpha value is -3.86. The summed E-state index contributed by atoms with van der Waals surface area (Å²) in [4.78, 5) is 35.1. The lowest BCUT2D eigenvalue weighted by Gasteiger charge is -2.10. The average molecular weight is 366 g/mol. The van der Waals surface area contributed by atoms with Gasteiger partial charge in [-0.3, -0.25) is 25.2 Å². The van der Waals surface area contributed by atoms with Gasteiger partial charge < -0.3 is 10.1 Å². The fourth-order valence-corrected chi connectivity index (χ4v) is 2.07. The van der Waals surface area contributed by atoms with Gasteiger partial charge in [0.1, 0.15) is 11.8 Å². The number of nitrogens with one attached hydrogen (secondary N) is 3. The molecule has 0 spiro atoms. The van der Waals surface area contributed by atoms with E-state index >= 15 is 0 Å². The minimum absolute atomic E-state index is 0.159. The smallest absolute Gasteiger partial charge is 0.276 e. The molecule has 0 fully saturated rings. The van der Waals surface area contributed by atoms with Crippen molar-refractivity contribution < 1.29 is 19.1 Å². The molecule has 0 aliphatic rings. The van der Waals surface area contributed by atoms with Crippen molar-refractivity contribution in [2.24, 2.45) is 0 Å². The second kappa shape index (κ2) is 10.2. The summed E-state index contributed by atoms with van der Waals surface area (Å²) in [6.45, 7) is -0.649. The van der Waals surface area contributed by atoms with E-state index in [4.69, 9.17) is 10.00 Å². The van der Waals surface area contributed by atoms with Gasteiger partial charge >= 0.3 is 0 Å². The minimum Gasteiger partial charge on any atom is -0.482 e. The molecular weight excluding hydrogens is 348 g/mol. The zero-order chi connectivity index (χ0) is 19.5. The molecule has 3 N–H and O–H groups in total. The molecule has 0 aromatic heterocycles. The number of ether oxygens (including phenoxy) is 1. The van der Waals surface area contributed by atoms with E-state index in [0.717, 1.165) is 5.56 Å². The first-order valence-electron chi connectivity index (χ1n) is 8.08. The molecule has 2 aromatic carbocycles. The summed E-state index contributed by atoms with van der Waals surface area (Å²) in [7, 11) is 0. The number of amides is 3. The van der Waals surface area contributed by atoms with Crippen molar-refractivity contribution in [2.75, 3.05) is 13.2 Å². The molecule has 2 rings (SSSR count). The van der Waals surface area contributed by atoms with Crippen molar-refractivity contribution in [1.29, 1.82) is 5.26 Å². The molecule has 0 bridgehead atoms. The number of carbonyl (C=O) groups excluding carboxylic acids is 3. The highest BCUT2D eigenvalue weighted by Gasteiger charge is 2.09. The Bertz CT molecular complexity index is 846. The number of para-hydroxylation sites is 1. The zero-order valence-corrected chi connectivity index (χ0v) is 14.4. The van der Waals surface area contributed by atoms with E-state index < -0.39 is 11.8 Å². The van der Waals surface area contributed by atoms with E-state index in [1.165, 1.54) is 0 Å². The van der Waals surface area contributed by atoms with Gasteiger partial charge in [-0.1, -0.05) is 42.5 Å². The van der Waals surface area contributed by atoms with Crippen LogP contribution in [0.3, 0.4) is 0 Å². The summed E-state index contributed by atoms with van der Waals surface area (Å²) in [5, 5.41) is 11.4. The third-order valence-electron chi connectivity index (χ3n) is 3.36. The molecule has 138 valence electrons. The third kappa shape index (κ3) is 6.88. The first-order valence-corrected chi connectivity index (χ1v) is 8.08. The van der Waals surface area contributed by atoms with Crippen molar-refractivity contribution in [1.82, 2.24) is 16.2 Å². The molecule has 2 aromatic rings. The summed E-state index contributed by atoms with van der Waals surface area (Å²) < 4.78 is 5.23. The summed E-state index contributed by atoms with van der Waals surface area (Å²) in [6.07, 6.45) is 0.159. The van der Waals surface area contributed by atoms with Gasteiger partial charge in [0.25, 0.3) is 11.8 Å². The summed E-state index contributed by atoms with van der Waals surface area (Å²) in [5.74, 6) is -1.22. The maximum Gasteiger partial charge on any atom is 0.276 e. The second-order valence-electron chi connectivity index (χ2n) is 5.43. The first kappa shape index (κ1) is 19.5. The van der Waals surface area contributed by atoms with Gasteiger partial charge in [-0.05, 0) is 17.7 Å². The molecule has 27 heavy (non-hydrogen) atoms. The molecule has 0 aliphatic carbocycles. The van der Waals surface area contributed by atoms with Gasteiger partial charge in [-0.2, -0.15) is 5.26 Å². The molecule has 0 atom stereocenters. The zero-order valence-electron chi connectivity index (χ0n) is 14.4. The second-order valence-corrected chi connectivity index (χ2v) is 5.43. The van der Waals surface area contributed by atoms with Crippen molar-refractivity contribution in [3.05, 3.63) is 65.7 Å². The normalized spacial score (nSPS) is 9.59. The fraction of sp³-hybridized carbons (Fsp3) is 0.158. The Morgan fingerprint density at radius 3 is 2.30 bits per heavy atom. The van der Waals surface area contributed by atoms with Crippen molar-refractivity contribution in [3.8, 4) is 11.8 Å². The van der Waals surface area contributed by atoms with Crippen LogP contribution in [0.25, 0.3) is 0 Å². The summed E-state index contributed by atoms with van der Waals surface area (Å²) >= 11 is 0. The standard InChI is InChI=1S/C19H18N4O4/c20-11-15-8-4-5-9-16(15)27-13-19(26)23-22-18(25)12-21-17(24)10-14-6-2-1-3-7-14/h1-9H,10,12-13H2,(H,21,24)(H,22,25)(H,23,26). The van der Waals surface area contributed by atoms with Crippen LogP contribution in [0.4, 0.5) is 0 Å². The van der Waals surface area contributed by atoms with Crippen LogP contribution in [0, 0.1) is 11.3 Å². The van der Waals surface area contributed by atoms with Crippen LogP contribution in [0.1, 0.15) is 11.1 Å². The molecule has 0 saturated carbocycles. The van der Waals surface area contributed by atoms with Crippen molar-refractivity contribution >= 4 is 17.7 Å². The lowest BCUT2D eigenvalue weighted by Crippen LogP contribution is -2.47. The number of benzene rings is 2. The SMILES string of the molecule is N#Cc1ccccc1OCC(=O)NNC(=O)CNC(=O)Cc1ccccc1. The highest BCUT2D eigenvalue weighted by atomic mass is 16.5. The first-order chi connectivity index (χ1) is 13.1. The summed E-state index contributed by atoms with van der Waals surface area (Å²) in [6, 6.07) is 17.5. The molecular formula is C19H18N4O4. The van der Waals surface area contributed by atoms with Gasteiger partial charge in [-0.15, -0.1) is 0 Å². The molecule has 0 aliphatic heterocycles. The van der Waals surface area contributed by atoms with Crippen LogP contribution < -0.4 is 20.9 Å². The lowest BCUT2D eigenvalue weighted by molar-refractivity contribution is -0.130. The Kier molecular flexibility index (Phi) is 7.36. The summed E-state index contributed by atoms with van der Waals surface area (Å²) in [5.41, 5.74) is 5.47. The fourth-order valence-electron chi connectivity index (χ4n) is 2.07. The molecule has 0 radical (unpaired) electrons. The highest BCUT2D eigenvalue weighted by Crippen LogP contribution is 2.15. The van der Waals surface area contributed by atoms with E-state index in [0.29, 0.717) is 5.56 Å². The predicted molar refractivity (Wildman–Crippen MR) is 96.1 cm³/mol. The lowest BCUT2D eigenvalue weighted by atomic mass is 10.1. The topological polar surface area (TPSA) is 120 Å². The van der Waals surface area contributed by atoms with Crippen molar-refractivity contribution in [3.63, 3.8) is 0 Å². The Morgan fingerprint density at radius 1 is 0.889 bits per heavy atom. The Labute approximate surface area is 156 Å². The van der Waals surface area contributed by atoms with Crippen LogP contribution in [-0.4, -0.2) is 30.9 Å². The van der Waals surface area contributed by atoms with Gasteiger partial charge in [0.05, 0.1) is 18.5 Å². The maximum atomic E-state index is 11.7. The number of hydrazine groups is 1. The quantitative estimate of drug-likeness (QED) is 0.614. The van der Waals surface area contributed by atoms with Crippen LogP contribution in [0.2, 0.25) is 0 Å². The largest absolute Gasteiger partial charge is 0.482 e. The van der Waals surface area contributed by atoms with Crippen LogP contribution in [-0.2, 0) is 20.8 Å². The molecule has 0 saturated heterocycles.